The van der Waals surface area contributed by atoms with Crippen molar-refractivity contribution >= 4 is 0 Å². The van der Waals surface area contributed by atoms with Crippen LogP contribution in [0.15, 0.2) is 24.3 Å². The highest BCUT2D eigenvalue weighted by atomic mass is 19.1. The Balaban J connectivity index is 2.21. The molecular formula is C11H13F2N. The first kappa shape index (κ1) is 9.59. The van der Waals surface area contributed by atoms with Crippen molar-refractivity contribution in [3.8, 4) is 0 Å². The Morgan fingerprint density at radius 2 is 2.21 bits per heavy atom. The van der Waals surface area contributed by atoms with Crippen LogP contribution in [0.3, 0.4) is 0 Å². The zero-order valence-corrected chi connectivity index (χ0v) is 7.84. The molecule has 1 heterocycles. The molecule has 1 aromatic rings. The van der Waals surface area contributed by atoms with Crippen LogP contribution in [0, 0.1) is 11.7 Å². The summed E-state index contributed by atoms with van der Waals surface area (Å²) in [6.07, 6.45) is 0. The van der Waals surface area contributed by atoms with E-state index in [0.29, 0.717) is 6.54 Å². The summed E-state index contributed by atoms with van der Waals surface area (Å²) < 4.78 is 25.5. The second-order valence-corrected chi connectivity index (χ2v) is 3.73. The number of hydrogen-bond donors (Lipinski definition) is 1. The number of halogens is 2. The second kappa shape index (κ2) is 4.05. The third-order valence-corrected chi connectivity index (χ3v) is 2.81. The molecule has 1 aromatic carbocycles. The summed E-state index contributed by atoms with van der Waals surface area (Å²) in [4.78, 5) is 0. The molecule has 0 amide bonds. The van der Waals surface area contributed by atoms with Gasteiger partial charge in [-0.25, -0.2) is 4.39 Å². The van der Waals surface area contributed by atoms with Gasteiger partial charge in [-0.1, -0.05) is 12.1 Å². The second-order valence-electron chi connectivity index (χ2n) is 3.73. The van der Waals surface area contributed by atoms with E-state index in [0.717, 1.165) is 12.1 Å². The fourth-order valence-electron chi connectivity index (χ4n) is 2.02. The van der Waals surface area contributed by atoms with Gasteiger partial charge in [-0.05, 0) is 17.7 Å². The third-order valence-electron chi connectivity index (χ3n) is 2.81. The van der Waals surface area contributed by atoms with E-state index in [1.165, 1.54) is 12.1 Å². The number of nitrogens with one attached hydrogen (secondary N) is 1. The lowest BCUT2D eigenvalue weighted by molar-refractivity contribution is 0.358. The topological polar surface area (TPSA) is 12.0 Å². The van der Waals surface area contributed by atoms with E-state index < -0.39 is 0 Å². The van der Waals surface area contributed by atoms with Gasteiger partial charge in [-0.2, -0.15) is 0 Å². The van der Waals surface area contributed by atoms with Gasteiger partial charge in [0.05, 0.1) is 6.67 Å². The lowest BCUT2D eigenvalue weighted by Crippen LogP contribution is -2.12. The van der Waals surface area contributed by atoms with Crippen molar-refractivity contribution in [1.82, 2.24) is 5.32 Å². The standard InChI is InChI=1S/C11H13F2N/c12-5-9-6-14-7-11(9)8-2-1-3-10(13)4-8/h1-4,9,11,14H,5-7H2/t9-,11-/m0/s1. The van der Waals surface area contributed by atoms with Crippen molar-refractivity contribution < 1.29 is 8.78 Å². The summed E-state index contributed by atoms with van der Waals surface area (Å²) >= 11 is 0. The van der Waals surface area contributed by atoms with Gasteiger partial charge < -0.3 is 5.32 Å². The van der Waals surface area contributed by atoms with Crippen LogP contribution < -0.4 is 5.32 Å². The molecule has 14 heavy (non-hydrogen) atoms. The smallest absolute Gasteiger partial charge is 0.123 e. The van der Waals surface area contributed by atoms with Gasteiger partial charge in [-0.3, -0.25) is 4.39 Å². The molecule has 0 aromatic heterocycles. The quantitative estimate of drug-likeness (QED) is 0.765. The molecule has 0 unspecified atom stereocenters. The van der Waals surface area contributed by atoms with E-state index >= 15 is 0 Å². The highest BCUT2D eigenvalue weighted by Gasteiger charge is 2.28. The minimum atomic E-state index is -0.339. The van der Waals surface area contributed by atoms with Crippen LogP contribution in [0.5, 0.6) is 0 Å². The molecule has 1 aliphatic heterocycles. The van der Waals surface area contributed by atoms with Crippen molar-refractivity contribution in [1.29, 1.82) is 0 Å². The molecule has 1 saturated heterocycles. The van der Waals surface area contributed by atoms with E-state index in [1.54, 1.807) is 6.07 Å². The minimum Gasteiger partial charge on any atom is -0.316 e. The van der Waals surface area contributed by atoms with Gasteiger partial charge in [0.2, 0.25) is 0 Å². The number of alkyl halides is 1. The Morgan fingerprint density at radius 1 is 1.36 bits per heavy atom. The van der Waals surface area contributed by atoms with E-state index in [9.17, 15) is 8.78 Å². The van der Waals surface area contributed by atoms with Crippen molar-refractivity contribution in [2.75, 3.05) is 19.8 Å². The fraction of sp³-hybridized carbons (Fsp3) is 0.455. The Hall–Kier alpha value is -0.960. The summed E-state index contributed by atoms with van der Waals surface area (Å²) in [5.74, 6) is -0.125. The first-order valence-electron chi connectivity index (χ1n) is 4.83. The van der Waals surface area contributed by atoms with Crippen LogP contribution >= 0.6 is 0 Å². The van der Waals surface area contributed by atoms with Crippen molar-refractivity contribution in [2.24, 2.45) is 5.92 Å². The monoisotopic (exact) mass is 197 g/mol. The Bertz CT molecular complexity index is 314. The van der Waals surface area contributed by atoms with Gasteiger partial charge >= 0.3 is 0 Å². The first-order chi connectivity index (χ1) is 6.81. The van der Waals surface area contributed by atoms with Gasteiger partial charge in [0, 0.05) is 24.9 Å². The molecule has 1 aliphatic rings. The summed E-state index contributed by atoms with van der Waals surface area (Å²) in [5.41, 5.74) is 0.901. The SMILES string of the molecule is FC[C@H]1CNC[C@H]1c1cccc(F)c1. The molecule has 1 fully saturated rings. The Morgan fingerprint density at radius 3 is 2.93 bits per heavy atom. The molecular weight excluding hydrogens is 184 g/mol. The van der Waals surface area contributed by atoms with Crippen molar-refractivity contribution in [2.45, 2.75) is 5.92 Å². The van der Waals surface area contributed by atoms with Gasteiger partial charge in [0.15, 0.2) is 0 Å². The molecule has 0 radical (unpaired) electrons. The highest BCUT2D eigenvalue weighted by molar-refractivity contribution is 5.23. The maximum atomic E-state index is 12.9. The zero-order valence-electron chi connectivity index (χ0n) is 7.84. The summed E-state index contributed by atoms with van der Waals surface area (Å²) in [6, 6.07) is 6.46. The van der Waals surface area contributed by atoms with E-state index in [2.05, 4.69) is 5.32 Å². The molecule has 0 aliphatic carbocycles. The average Bonchev–Trinajstić information content (AvgIpc) is 2.65. The largest absolute Gasteiger partial charge is 0.316 e. The van der Waals surface area contributed by atoms with E-state index in [-0.39, 0.29) is 24.3 Å². The summed E-state index contributed by atoms with van der Waals surface area (Å²) in [7, 11) is 0. The zero-order chi connectivity index (χ0) is 9.97. The Labute approximate surface area is 82.1 Å². The molecule has 76 valence electrons. The van der Waals surface area contributed by atoms with Crippen LogP contribution in [-0.4, -0.2) is 19.8 Å². The van der Waals surface area contributed by atoms with E-state index in [4.69, 9.17) is 0 Å². The molecule has 0 spiro atoms. The minimum absolute atomic E-state index is 0.00296. The molecule has 1 N–H and O–H groups in total. The van der Waals surface area contributed by atoms with Gasteiger partial charge in [0.25, 0.3) is 0 Å². The van der Waals surface area contributed by atoms with Gasteiger partial charge in [-0.15, -0.1) is 0 Å². The maximum Gasteiger partial charge on any atom is 0.123 e. The van der Waals surface area contributed by atoms with Gasteiger partial charge in [0.1, 0.15) is 5.82 Å². The molecule has 0 bridgehead atoms. The lowest BCUT2D eigenvalue weighted by Gasteiger charge is -2.15. The highest BCUT2D eigenvalue weighted by Crippen LogP contribution is 2.28. The van der Waals surface area contributed by atoms with E-state index in [1.807, 2.05) is 6.07 Å². The summed E-state index contributed by atoms with van der Waals surface area (Å²) in [6.45, 7) is 1.10. The molecule has 0 saturated carbocycles. The normalized spacial score (nSPS) is 26.7. The predicted molar refractivity (Wildman–Crippen MR) is 51.5 cm³/mol. The lowest BCUT2D eigenvalue weighted by atomic mass is 9.90. The molecule has 3 heteroatoms. The van der Waals surface area contributed by atoms with Crippen LogP contribution in [0.4, 0.5) is 8.78 Å². The van der Waals surface area contributed by atoms with Crippen molar-refractivity contribution in [3.05, 3.63) is 35.6 Å². The van der Waals surface area contributed by atoms with Crippen LogP contribution in [-0.2, 0) is 0 Å². The Kier molecular flexibility index (Phi) is 2.77. The number of benzene rings is 1. The fourth-order valence-corrected chi connectivity index (χ4v) is 2.02. The number of rotatable bonds is 2. The maximum absolute atomic E-state index is 12.9. The molecule has 2 atom stereocenters. The third kappa shape index (κ3) is 1.77. The molecule has 1 nitrogen and oxygen atoms in total. The van der Waals surface area contributed by atoms with Crippen LogP contribution in [0.2, 0.25) is 0 Å². The average molecular weight is 197 g/mol. The van der Waals surface area contributed by atoms with Crippen molar-refractivity contribution in [3.63, 3.8) is 0 Å². The summed E-state index contributed by atoms with van der Waals surface area (Å²) in [5, 5.41) is 3.13. The first-order valence-corrected chi connectivity index (χ1v) is 4.83. The van der Waals surface area contributed by atoms with Crippen LogP contribution in [0.1, 0.15) is 11.5 Å². The molecule has 2 rings (SSSR count). The number of hydrogen-bond acceptors (Lipinski definition) is 1. The van der Waals surface area contributed by atoms with Crippen LogP contribution in [0.25, 0.3) is 0 Å². The predicted octanol–water partition coefficient (Wildman–Crippen LogP) is 2.10.